The van der Waals surface area contributed by atoms with Crippen LogP contribution in [0, 0.1) is 6.92 Å². The lowest BCUT2D eigenvalue weighted by Crippen LogP contribution is -2.17. The van der Waals surface area contributed by atoms with E-state index < -0.39 is 0 Å². The first-order valence-electron chi connectivity index (χ1n) is 6.10. The van der Waals surface area contributed by atoms with E-state index in [1.54, 1.807) is 11.3 Å². The number of hydrogen-bond donors (Lipinski definition) is 1. The van der Waals surface area contributed by atoms with E-state index in [-0.39, 0.29) is 0 Å². The van der Waals surface area contributed by atoms with Crippen molar-refractivity contribution in [2.45, 2.75) is 26.8 Å². The molecule has 90 valence electrons. The molecular weight excluding hydrogens is 226 g/mol. The second kappa shape index (κ2) is 5.48. The van der Waals surface area contributed by atoms with Gasteiger partial charge in [0.2, 0.25) is 0 Å². The minimum Gasteiger partial charge on any atom is -0.310 e. The van der Waals surface area contributed by atoms with Gasteiger partial charge in [-0.1, -0.05) is 31.2 Å². The predicted octanol–water partition coefficient (Wildman–Crippen LogP) is 4.39. The van der Waals surface area contributed by atoms with Crippen molar-refractivity contribution < 1.29 is 0 Å². The van der Waals surface area contributed by atoms with Gasteiger partial charge in [-0.05, 0) is 48.5 Å². The molecule has 0 aliphatic rings. The zero-order valence-electron chi connectivity index (χ0n) is 10.7. The van der Waals surface area contributed by atoms with E-state index in [0.717, 1.165) is 6.54 Å². The molecule has 2 aromatic rings. The van der Waals surface area contributed by atoms with Gasteiger partial charge in [0.1, 0.15) is 0 Å². The van der Waals surface area contributed by atoms with Gasteiger partial charge in [-0.2, -0.15) is 0 Å². The second-order valence-electron chi connectivity index (χ2n) is 4.29. The molecule has 0 bridgehead atoms. The molecule has 0 spiro atoms. The van der Waals surface area contributed by atoms with Crippen molar-refractivity contribution in [3.05, 3.63) is 46.2 Å². The number of aryl methyl sites for hydroxylation is 1. The number of thiophene rings is 1. The Labute approximate surface area is 108 Å². The van der Waals surface area contributed by atoms with Gasteiger partial charge in [0.15, 0.2) is 0 Å². The van der Waals surface area contributed by atoms with Gasteiger partial charge >= 0.3 is 0 Å². The van der Waals surface area contributed by atoms with Gasteiger partial charge in [0, 0.05) is 10.9 Å². The van der Waals surface area contributed by atoms with Crippen molar-refractivity contribution in [1.29, 1.82) is 0 Å². The fraction of sp³-hybridized carbons (Fsp3) is 0.333. The lowest BCUT2D eigenvalue weighted by atomic mass is 10.0. The van der Waals surface area contributed by atoms with Crippen LogP contribution in [0.15, 0.2) is 35.7 Å². The SMILES string of the molecule is CCNC(C)c1ccc(-c2ccsc2C)cc1. The number of benzene rings is 1. The van der Waals surface area contributed by atoms with Crippen LogP contribution in [-0.4, -0.2) is 6.54 Å². The zero-order chi connectivity index (χ0) is 12.3. The minimum atomic E-state index is 0.428. The number of nitrogens with one attached hydrogen (secondary N) is 1. The highest BCUT2D eigenvalue weighted by Crippen LogP contribution is 2.28. The monoisotopic (exact) mass is 245 g/mol. The van der Waals surface area contributed by atoms with E-state index in [2.05, 4.69) is 61.8 Å². The molecule has 0 amide bonds. The molecule has 1 N–H and O–H groups in total. The van der Waals surface area contributed by atoms with Crippen LogP contribution in [0.3, 0.4) is 0 Å². The fourth-order valence-electron chi connectivity index (χ4n) is 2.06. The molecule has 1 aromatic heterocycles. The van der Waals surface area contributed by atoms with Crippen molar-refractivity contribution in [1.82, 2.24) is 5.32 Å². The smallest absolute Gasteiger partial charge is 0.0291 e. The molecule has 1 nitrogen and oxygen atoms in total. The molecule has 2 rings (SSSR count). The van der Waals surface area contributed by atoms with Crippen molar-refractivity contribution >= 4 is 11.3 Å². The van der Waals surface area contributed by atoms with E-state index in [9.17, 15) is 0 Å². The summed E-state index contributed by atoms with van der Waals surface area (Å²) in [6.45, 7) is 7.52. The Balaban J connectivity index is 2.21. The summed E-state index contributed by atoms with van der Waals surface area (Å²) in [4.78, 5) is 1.39. The highest BCUT2D eigenvalue weighted by atomic mass is 32.1. The van der Waals surface area contributed by atoms with Crippen LogP contribution in [0.5, 0.6) is 0 Å². The third-order valence-corrected chi connectivity index (χ3v) is 3.94. The lowest BCUT2D eigenvalue weighted by molar-refractivity contribution is 0.598. The number of hydrogen-bond acceptors (Lipinski definition) is 2. The maximum absolute atomic E-state index is 3.43. The fourth-order valence-corrected chi connectivity index (χ4v) is 2.78. The zero-order valence-corrected chi connectivity index (χ0v) is 11.5. The van der Waals surface area contributed by atoms with Crippen LogP contribution in [0.2, 0.25) is 0 Å². The Kier molecular flexibility index (Phi) is 3.97. The third-order valence-electron chi connectivity index (χ3n) is 3.09. The lowest BCUT2D eigenvalue weighted by Gasteiger charge is -2.13. The quantitative estimate of drug-likeness (QED) is 0.842. The van der Waals surface area contributed by atoms with E-state index >= 15 is 0 Å². The molecule has 0 fully saturated rings. The molecule has 0 aliphatic carbocycles. The van der Waals surface area contributed by atoms with Gasteiger partial charge in [-0.15, -0.1) is 11.3 Å². The van der Waals surface area contributed by atoms with Crippen LogP contribution in [0.1, 0.15) is 30.3 Å². The summed E-state index contributed by atoms with van der Waals surface area (Å²) in [5.74, 6) is 0. The molecule has 1 heterocycles. The summed E-state index contributed by atoms with van der Waals surface area (Å²) in [7, 11) is 0. The van der Waals surface area contributed by atoms with Crippen LogP contribution in [0.4, 0.5) is 0 Å². The van der Waals surface area contributed by atoms with Crippen LogP contribution in [-0.2, 0) is 0 Å². The summed E-state index contributed by atoms with van der Waals surface area (Å²) >= 11 is 1.81. The maximum atomic E-state index is 3.43. The molecule has 0 aliphatic heterocycles. The van der Waals surface area contributed by atoms with E-state index in [1.807, 2.05) is 0 Å². The molecule has 0 radical (unpaired) electrons. The summed E-state index contributed by atoms with van der Waals surface area (Å²) < 4.78 is 0. The standard InChI is InChI=1S/C15H19NS/c1-4-16-11(2)13-5-7-14(8-6-13)15-9-10-17-12(15)3/h5-11,16H,4H2,1-3H3. The highest BCUT2D eigenvalue weighted by molar-refractivity contribution is 7.10. The molecule has 2 heteroatoms. The van der Waals surface area contributed by atoms with E-state index in [4.69, 9.17) is 0 Å². The van der Waals surface area contributed by atoms with Gasteiger partial charge in [0.05, 0.1) is 0 Å². The maximum Gasteiger partial charge on any atom is 0.0291 e. The molecular formula is C15H19NS. The predicted molar refractivity (Wildman–Crippen MR) is 76.6 cm³/mol. The van der Waals surface area contributed by atoms with E-state index in [1.165, 1.54) is 21.6 Å². The number of rotatable bonds is 4. The minimum absolute atomic E-state index is 0.428. The molecule has 0 saturated carbocycles. The van der Waals surface area contributed by atoms with Crippen molar-refractivity contribution in [3.8, 4) is 11.1 Å². The Morgan fingerprint density at radius 2 is 1.88 bits per heavy atom. The van der Waals surface area contributed by atoms with E-state index in [0.29, 0.717) is 6.04 Å². The van der Waals surface area contributed by atoms with Crippen LogP contribution < -0.4 is 5.32 Å². The van der Waals surface area contributed by atoms with Gasteiger partial charge < -0.3 is 5.32 Å². The van der Waals surface area contributed by atoms with Crippen LogP contribution in [0.25, 0.3) is 11.1 Å². The summed E-state index contributed by atoms with van der Waals surface area (Å²) in [5.41, 5.74) is 4.03. The molecule has 17 heavy (non-hydrogen) atoms. The Bertz CT molecular complexity index is 470. The van der Waals surface area contributed by atoms with Crippen molar-refractivity contribution in [2.75, 3.05) is 6.54 Å². The molecule has 1 unspecified atom stereocenters. The van der Waals surface area contributed by atoms with Gasteiger partial charge in [0.25, 0.3) is 0 Å². The Hall–Kier alpha value is -1.12. The van der Waals surface area contributed by atoms with Crippen LogP contribution >= 0.6 is 11.3 Å². The first-order chi connectivity index (χ1) is 8.22. The average Bonchev–Trinajstić information content (AvgIpc) is 2.76. The summed E-state index contributed by atoms with van der Waals surface area (Å²) in [6, 6.07) is 11.5. The van der Waals surface area contributed by atoms with Gasteiger partial charge in [-0.3, -0.25) is 0 Å². The molecule has 0 saturated heterocycles. The molecule has 1 atom stereocenters. The van der Waals surface area contributed by atoms with Gasteiger partial charge in [-0.25, -0.2) is 0 Å². The first-order valence-corrected chi connectivity index (χ1v) is 6.98. The summed E-state index contributed by atoms with van der Waals surface area (Å²) in [5, 5.41) is 5.58. The Morgan fingerprint density at radius 3 is 2.41 bits per heavy atom. The van der Waals surface area contributed by atoms with Crippen molar-refractivity contribution in [2.24, 2.45) is 0 Å². The first kappa shape index (κ1) is 12.3. The third kappa shape index (κ3) is 2.76. The largest absolute Gasteiger partial charge is 0.310 e. The second-order valence-corrected chi connectivity index (χ2v) is 5.41. The topological polar surface area (TPSA) is 12.0 Å². The van der Waals surface area contributed by atoms with Crippen molar-refractivity contribution in [3.63, 3.8) is 0 Å². The highest BCUT2D eigenvalue weighted by Gasteiger charge is 2.05. The summed E-state index contributed by atoms with van der Waals surface area (Å²) in [6.07, 6.45) is 0. The normalized spacial score (nSPS) is 12.6. The average molecular weight is 245 g/mol. The Morgan fingerprint density at radius 1 is 1.18 bits per heavy atom. The molecule has 1 aromatic carbocycles.